The van der Waals surface area contributed by atoms with E-state index in [0.717, 1.165) is 6.07 Å². The summed E-state index contributed by atoms with van der Waals surface area (Å²) in [6, 6.07) is 4.25. The molecule has 0 atom stereocenters. The SMILES string of the molecule is CNc1nc(Nc2cc(F)ccc2Cl)c(F)cc1F. The summed E-state index contributed by atoms with van der Waals surface area (Å²) in [6.07, 6.45) is 0. The zero-order chi connectivity index (χ0) is 14.0. The van der Waals surface area contributed by atoms with E-state index in [-0.39, 0.29) is 22.3 Å². The van der Waals surface area contributed by atoms with Gasteiger partial charge in [0.1, 0.15) is 5.82 Å². The molecule has 0 aliphatic carbocycles. The van der Waals surface area contributed by atoms with Crippen LogP contribution in [0.2, 0.25) is 5.02 Å². The third-order valence-corrected chi connectivity index (χ3v) is 2.68. The van der Waals surface area contributed by atoms with Crippen LogP contribution in [0.5, 0.6) is 0 Å². The van der Waals surface area contributed by atoms with Crippen molar-refractivity contribution in [1.82, 2.24) is 4.98 Å². The lowest BCUT2D eigenvalue weighted by atomic mass is 10.3. The van der Waals surface area contributed by atoms with Gasteiger partial charge in [0, 0.05) is 13.1 Å². The fourth-order valence-electron chi connectivity index (χ4n) is 1.45. The van der Waals surface area contributed by atoms with Crippen LogP contribution < -0.4 is 10.6 Å². The van der Waals surface area contributed by atoms with E-state index in [2.05, 4.69) is 15.6 Å². The minimum absolute atomic E-state index is 0.128. The summed E-state index contributed by atoms with van der Waals surface area (Å²) in [6.45, 7) is 0. The quantitative estimate of drug-likeness (QED) is 0.898. The Kier molecular flexibility index (Phi) is 3.80. The van der Waals surface area contributed by atoms with Gasteiger partial charge < -0.3 is 10.6 Å². The Morgan fingerprint density at radius 1 is 1.05 bits per heavy atom. The monoisotopic (exact) mass is 287 g/mol. The molecule has 100 valence electrons. The summed E-state index contributed by atoms with van der Waals surface area (Å²) in [7, 11) is 1.45. The first-order valence-corrected chi connectivity index (χ1v) is 5.65. The van der Waals surface area contributed by atoms with Crippen molar-refractivity contribution in [2.45, 2.75) is 0 Å². The number of pyridine rings is 1. The zero-order valence-corrected chi connectivity index (χ0v) is 10.5. The van der Waals surface area contributed by atoms with Gasteiger partial charge in [-0.15, -0.1) is 0 Å². The first-order chi connectivity index (χ1) is 9.01. The van der Waals surface area contributed by atoms with Crippen LogP contribution in [0.25, 0.3) is 0 Å². The van der Waals surface area contributed by atoms with Crippen LogP contribution in [0, 0.1) is 17.5 Å². The maximum atomic E-state index is 13.6. The minimum atomic E-state index is -0.906. The standard InChI is InChI=1S/C12H9ClF3N3/c1-17-11-8(15)5-9(16)12(19-11)18-10-4-6(14)2-3-7(10)13/h2-5H,1H3,(H2,17,18,19). The Balaban J connectivity index is 2.40. The van der Waals surface area contributed by atoms with Crippen molar-refractivity contribution >= 4 is 28.9 Å². The number of hydrogen-bond acceptors (Lipinski definition) is 3. The van der Waals surface area contributed by atoms with E-state index < -0.39 is 17.5 Å². The smallest absolute Gasteiger partial charge is 0.169 e. The van der Waals surface area contributed by atoms with E-state index in [1.54, 1.807) is 0 Å². The first kappa shape index (κ1) is 13.5. The van der Waals surface area contributed by atoms with Gasteiger partial charge in [-0.2, -0.15) is 0 Å². The molecule has 2 N–H and O–H groups in total. The van der Waals surface area contributed by atoms with Crippen molar-refractivity contribution in [2.75, 3.05) is 17.7 Å². The molecule has 0 fully saturated rings. The second kappa shape index (κ2) is 5.36. The summed E-state index contributed by atoms with van der Waals surface area (Å²) in [5.74, 6) is -2.65. The number of halogens is 4. The topological polar surface area (TPSA) is 37.0 Å². The average molecular weight is 288 g/mol. The molecule has 2 aromatic rings. The Morgan fingerprint density at radius 3 is 2.42 bits per heavy atom. The molecule has 0 aliphatic heterocycles. The van der Waals surface area contributed by atoms with Crippen molar-refractivity contribution in [2.24, 2.45) is 0 Å². The third-order valence-electron chi connectivity index (χ3n) is 2.35. The fraction of sp³-hybridized carbons (Fsp3) is 0.0833. The van der Waals surface area contributed by atoms with Crippen molar-refractivity contribution in [3.8, 4) is 0 Å². The van der Waals surface area contributed by atoms with E-state index >= 15 is 0 Å². The highest BCUT2D eigenvalue weighted by Crippen LogP contribution is 2.28. The molecule has 0 amide bonds. The number of nitrogens with one attached hydrogen (secondary N) is 2. The normalized spacial score (nSPS) is 10.4. The molecular weight excluding hydrogens is 279 g/mol. The summed E-state index contributed by atoms with van der Waals surface area (Å²) >= 11 is 5.83. The van der Waals surface area contributed by atoms with Crippen molar-refractivity contribution in [1.29, 1.82) is 0 Å². The van der Waals surface area contributed by atoms with E-state index in [1.165, 1.54) is 19.2 Å². The maximum Gasteiger partial charge on any atom is 0.169 e. The van der Waals surface area contributed by atoms with Gasteiger partial charge in [0.15, 0.2) is 23.3 Å². The minimum Gasteiger partial charge on any atom is -0.371 e. The maximum absolute atomic E-state index is 13.6. The second-order valence-corrected chi connectivity index (χ2v) is 4.06. The molecule has 3 nitrogen and oxygen atoms in total. The summed E-state index contributed by atoms with van der Waals surface area (Å²) in [5.41, 5.74) is 0.140. The van der Waals surface area contributed by atoms with Crippen LogP contribution in [-0.4, -0.2) is 12.0 Å². The molecular formula is C12H9ClF3N3. The molecule has 0 aliphatic rings. The lowest BCUT2D eigenvalue weighted by molar-refractivity contribution is 0.580. The molecule has 2 rings (SSSR count). The summed E-state index contributed by atoms with van der Waals surface area (Å²) < 4.78 is 39.9. The van der Waals surface area contributed by atoms with E-state index in [1.807, 2.05) is 0 Å². The van der Waals surface area contributed by atoms with Gasteiger partial charge in [-0.25, -0.2) is 18.2 Å². The highest BCUT2D eigenvalue weighted by Gasteiger charge is 2.12. The number of benzene rings is 1. The Hall–Kier alpha value is -1.95. The summed E-state index contributed by atoms with van der Waals surface area (Å²) in [5, 5.41) is 5.19. The van der Waals surface area contributed by atoms with Crippen molar-refractivity contribution in [3.05, 3.63) is 46.7 Å². The highest BCUT2D eigenvalue weighted by molar-refractivity contribution is 6.33. The predicted molar refractivity (Wildman–Crippen MR) is 68.4 cm³/mol. The average Bonchev–Trinajstić information content (AvgIpc) is 2.37. The molecule has 0 unspecified atom stereocenters. The fourth-order valence-corrected chi connectivity index (χ4v) is 1.62. The zero-order valence-electron chi connectivity index (χ0n) is 9.77. The molecule has 0 radical (unpaired) electrons. The molecule has 0 saturated carbocycles. The molecule has 1 aromatic carbocycles. The first-order valence-electron chi connectivity index (χ1n) is 5.27. The van der Waals surface area contributed by atoms with Crippen LogP contribution in [0.1, 0.15) is 0 Å². The van der Waals surface area contributed by atoms with Gasteiger partial charge in [0.05, 0.1) is 10.7 Å². The third kappa shape index (κ3) is 2.90. The second-order valence-electron chi connectivity index (χ2n) is 3.65. The lowest BCUT2D eigenvalue weighted by Gasteiger charge is -2.10. The van der Waals surface area contributed by atoms with Crippen LogP contribution in [0.15, 0.2) is 24.3 Å². The lowest BCUT2D eigenvalue weighted by Crippen LogP contribution is -2.04. The van der Waals surface area contributed by atoms with Crippen LogP contribution in [0.4, 0.5) is 30.5 Å². The van der Waals surface area contributed by atoms with Gasteiger partial charge in [0.25, 0.3) is 0 Å². The predicted octanol–water partition coefficient (Wildman–Crippen LogP) is 3.94. The molecule has 19 heavy (non-hydrogen) atoms. The van der Waals surface area contributed by atoms with Gasteiger partial charge in [-0.05, 0) is 18.2 Å². The van der Waals surface area contributed by atoms with Crippen LogP contribution >= 0.6 is 11.6 Å². The number of rotatable bonds is 3. The molecule has 1 aromatic heterocycles. The van der Waals surface area contributed by atoms with Crippen molar-refractivity contribution < 1.29 is 13.2 Å². The number of nitrogens with zero attached hydrogens (tertiary/aromatic N) is 1. The van der Waals surface area contributed by atoms with Crippen molar-refractivity contribution in [3.63, 3.8) is 0 Å². The van der Waals surface area contributed by atoms with Crippen LogP contribution in [0.3, 0.4) is 0 Å². The summed E-state index contributed by atoms with van der Waals surface area (Å²) in [4.78, 5) is 3.70. The number of aromatic nitrogens is 1. The van der Waals surface area contributed by atoms with E-state index in [0.29, 0.717) is 6.07 Å². The Morgan fingerprint density at radius 2 is 1.74 bits per heavy atom. The molecule has 0 spiro atoms. The molecule has 1 heterocycles. The molecule has 0 bridgehead atoms. The van der Waals surface area contributed by atoms with Gasteiger partial charge in [-0.3, -0.25) is 0 Å². The highest BCUT2D eigenvalue weighted by atomic mass is 35.5. The Labute approximate surface area is 112 Å². The molecule has 7 heteroatoms. The van der Waals surface area contributed by atoms with Crippen LogP contribution in [-0.2, 0) is 0 Å². The van der Waals surface area contributed by atoms with E-state index in [4.69, 9.17) is 11.6 Å². The largest absolute Gasteiger partial charge is 0.371 e. The van der Waals surface area contributed by atoms with E-state index in [9.17, 15) is 13.2 Å². The van der Waals surface area contributed by atoms with Gasteiger partial charge in [-0.1, -0.05) is 11.6 Å². The number of anilines is 3. The number of hydrogen-bond donors (Lipinski definition) is 2. The van der Waals surface area contributed by atoms with Gasteiger partial charge >= 0.3 is 0 Å². The Bertz CT molecular complexity index is 619. The molecule has 0 saturated heterocycles. The van der Waals surface area contributed by atoms with Gasteiger partial charge in [0.2, 0.25) is 0 Å².